The number of para-hydroxylation sites is 1. The number of rotatable bonds is 2. The van der Waals surface area contributed by atoms with E-state index in [9.17, 15) is 4.79 Å². The van der Waals surface area contributed by atoms with Gasteiger partial charge in [0.05, 0.1) is 6.54 Å². The highest BCUT2D eigenvalue weighted by Crippen LogP contribution is 2.30. The molecule has 3 heteroatoms. The summed E-state index contributed by atoms with van der Waals surface area (Å²) in [6, 6.07) is 7.52. The fraction of sp³-hybridized carbons (Fsp3) is 0.417. The van der Waals surface area contributed by atoms with Crippen LogP contribution in [0.15, 0.2) is 24.3 Å². The highest BCUT2D eigenvalue weighted by molar-refractivity contribution is 5.74. The highest BCUT2D eigenvalue weighted by atomic mass is 16.5. The largest absolute Gasteiger partial charge is 0.425 e. The van der Waals surface area contributed by atoms with E-state index in [0.29, 0.717) is 5.75 Å². The first kappa shape index (κ1) is 11.7. The van der Waals surface area contributed by atoms with Gasteiger partial charge in [-0.1, -0.05) is 39.0 Å². The first-order valence-electron chi connectivity index (χ1n) is 4.95. The lowest BCUT2D eigenvalue weighted by Crippen LogP contribution is -2.22. The van der Waals surface area contributed by atoms with E-state index in [0.717, 1.165) is 5.56 Å². The third-order valence-electron chi connectivity index (χ3n) is 2.09. The summed E-state index contributed by atoms with van der Waals surface area (Å²) in [6.45, 7) is 6.12. The summed E-state index contributed by atoms with van der Waals surface area (Å²) in [5, 5.41) is 0. The van der Waals surface area contributed by atoms with Crippen LogP contribution >= 0.6 is 0 Å². The third kappa shape index (κ3) is 3.06. The molecule has 0 bridgehead atoms. The molecule has 0 saturated carbocycles. The molecule has 0 atom stereocenters. The fourth-order valence-electron chi connectivity index (χ4n) is 1.34. The lowest BCUT2D eigenvalue weighted by molar-refractivity contribution is -0.132. The summed E-state index contributed by atoms with van der Waals surface area (Å²) in [4.78, 5) is 11.1. The SMILES string of the molecule is CC(C)(C)c1ccccc1OC(=O)CN. The number of hydrogen-bond acceptors (Lipinski definition) is 3. The second kappa shape index (κ2) is 4.45. The second-order valence-corrected chi connectivity index (χ2v) is 4.42. The van der Waals surface area contributed by atoms with Gasteiger partial charge in [0, 0.05) is 5.56 Å². The average Bonchev–Trinajstić information content (AvgIpc) is 2.17. The zero-order chi connectivity index (χ0) is 11.5. The van der Waals surface area contributed by atoms with E-state index in [1.54, 1.807) is 6.07 Å². The van der Waals surface area contributed by atoms with Crippen LogP contribution in [0.1, 0.15) is 26.3 Å². The normalized spacial score (nSPS) is 11.2. The van der Waals surface area contributed by atoms with Gasteiger partial charge in [0.25, 0.3) is 0 Å². The minimum atomic E-state index is -0.410. The molecule has 1 rings (SSSR count). The fourth-order valence-corrected chi connectivity index (χ4v) is 1.34. The Morgan fingerprint density at radius 3 is 2.47 bits per heavy atom. The lowest BCUT2D eigenvalue weighted by atomic mass is 9.86. The van der Waals surface area contributed by atoms with Crippen LogP contribution in [-0.4, -0.2) is 12.5 Å². The number of ether oxygens (including phenoxy) is 1. The Hall–Kier alpha value is -1.35. The summed E-state index contributed by atoms with van der Waals surface area (Å²) < 4.78 is 5.16. The maximum absolute atomic E-state index is 11.1. The van der Waals surface area contributed by atoms with E-state index in [1.807, 2.05) is 18.2 Å². The molecule has 0 aliphatic heterocycles. The van der Waals surface area contributed by atoms with Crippen LogP contribution < -0.4 is 10.5 Å². The van der Waals surface area contributed by atoms with Gasteiger partial charge in [-0.25, -0.2) is 0 Å². The highest BCUT2D eigenvalue weighted by Gasteiger charge is 2.19. The minimum absolute atomic E-state index is 0.0501. The van der Waals surface area contributed by atoms with Crippen molar-refractivity contribution in [3.8, 4) is 5.75 Å². The molecule has 0 aliphatic rings. The molecule has 0 unspecified atom stereocenters. The topological polar surface area (TPSA) is 52.3 Å². The smallest absolute Gasteiger partial charge is 0.325 e. The Balaban J connectivity index is 3.02. The lowest BCUT2D eigenvalue weighted by Gasteiger charge is -2.21. The molecule has 0 aliphatic carbocycles. The number of esters is 1. The maximum atomic E-state index is 11.1. The summed E-state index contributed by atoms with van der Waals surface area (Å²) in [5.74, 6) is 0.187. The summed E-state index contributed by atoms with van der Waals surface area (Å²) in [7, 11) is 0. The van der Waals surface area contributed by atoms with E-state index in [1.165, 1.54) is 0 Å². The van der Waals surface area contributed by atoms with Gasteiger partial charge in [0.1, 0.15) is 5.75 Å². The summed E-state index contributed by atoms with van der Waals surface area (Å²) in [6.07, 6.45) is 0. The molecule has 1 aromatic carbocycles. The van der Waals surface area contributed by atoms with Crippen LogP contribution in [0.5, 0.6) is 5.75 Å². The Morgan fingerprint density at radius 2 is 1.93 bits per heavy atom. The van der Waals surface area contributed by atoms with Gasteiger partial charge in [0.15, 0.2) is 0 Å². The maximum Gasteiger partial charge on any atom is 0.325 e. The molecule has 3 nitrogen and oxygen atoms in total. The molecular formula is C12H17NO2. The Kier molecular flexibility index (Phi) is 3.48. The molecule has 0 amide bonds. The zero-order valence-corrected chi connectivity index (χ0v) is 9.41. The van der Waals surface area contributed by atoms with E-state index >= 15 is 0 Å². The Bertz CT molecular complexity index is 353. The third-order valence-corrected chi connectivity index (χ3v) is 2.09. The van der Waals surface area contributed by atoms with Crippen LogP contribution in [0.25, 0.3) is 0 Å². The average molecular weight is 207 g/mol. The van der Waals surface area contributed by atoms with Gasteiger partial charge in [0.2, 0.25) is 0 Å². The van der Waals surface area contributed by atoms with Crippen molar-refractivity contribution in [3.63, 3.8) is 0 Å². The summed E-state index contributed by atoms with van der Waals surface area (Å²) in [5.41, 5.74) is 6.16. The molecule has 0 spiro atoms. The van der Waals surface area contributed by atoms with Gasteiger partial charge < -0.3 is 10.5 Å². The van der Waals surface area contributed by atoms with Gasteiger partial charge in [-0.3, -0.25) is 4.79 Å². The number of carbonyl (C=O) groups is 1. The molecular weight excluding hydrogens is 190 g/mol. The zero-order valence-electron chi connectivity index (χ0n) is 9.41. The monoisotopic (exact) mass is 207 g/mol. The molecule has 0 fully saturated rings. The number of carbonyl (C=O) groups excluding carboxylic acids is 1. The van der Waals surface area contributed by atoms with E-state index in [4.69, 9.17) is 10.5 Å². The first-order valence-corrected chi connectivity index (χ1v) is 4.95. The molecule has 0 radical (unpaired) electrons. The predicted octanol–water partition coefficient (Wildman–Crippen LogP) is 1.85. The molecule has 15 heavy (non-hydrogen) atoms. The second-order valence-electron chi connectivity index (χ2n) is 4.42. The van der Waals surface area contributed by atoms with Crippen LogP contribution in [-0.2, 0) is 10.2 Å². The van der Waals surface area contributed by atoms with Crippen molar-refractivity contribution < 1.29 is 9.53 Å². The van der Waals surface area contributed by atoms with Crippen molar-refractivity contribution in [2.75, 3.05) is 6.54 Å². The van der Waals surface area contributed by atoms with Crippen LogP contribution in [0.4, 0.5) is 0 Å². The molecule has 0 saturated heterocycles. The molecule has 82 valence electrons. The van der Waals surface area contributed by atoms with Crippen molar-refractivity contribution in [1.82, 2.24) is 0 Å². The molecule has 0 heterocycles. The van der Waals surface area contributed by atoms with Gasteiger partial charge in [-0.05, 0) is 11.5 Å². The predicted molar refractivity (Wildman–Crippen MR) is 59.8 cm³/mol. The van der Waals surface area contributed by atoms with Crippen molar-refractivity contribution in [2.45, 2.75) is 26.2 Å². The number of benzene rings is 1. The van der Waals surface area contributed by atoms with Crippen molar-refractivity contribution >= 4 is 5.97 Å². The van der Waals surface area contributed by atoms with Crippen LogP contribution in [0.2, 0.25) is 0 Å². The summed E-state index contributed by atoms with van der Waals surface area (Å²) >= 11 is 0. The molecule has 2 N–H and O–H groups in total. The first-order chi connectivity index (χ1) is 6.95. The molecule has 0 aromatic heterocycles. The van der Waals surface area contributed by atoms with E-state index in [2.05, 4.69) is 20.8 Å². The number of nitrogens with two attached hydrogens (primary N) is 1. The van der Waals surface area contributed by atoms with Gasteiger partial charge in [-0.15, -0.1) is 0 Å². The van der Waals surface area contributed by atoms with Crippen molar-refractivity contribution in [1.29, 1.82) is 0 Å². The van der Waals surface area contributed by atoms with E-state index < -0.39 is 5.97 Å². The van der Waals surface area contributed by atoms with Crippen molar-refractivity contribution in [2.24, 2.45) is 5.73 Å². The van der Waals surface area contributed by atoms with Gasteiger partial charge >= 0.3 is 5.97 Å². The molecule has 1 aromatic rings. The van der Waals surface area contributed by atoms with Gasteiger partial charge in [-0.2, -0.15) is 0 Å². The van der Waals surface area contributed by atoms with E-state index in [-0.39, 0.29) is 12.0 Å². The standard InChI is InChI=1S/C12H17NO2/c1-12(2,3)9-6-4-5-7-10(9)15-11(14)8-13/h4-7H,8,13H2,1-3H3. The van der Waals surface area contributed by atoms with Crippen molar-refractivity contribution in [3.05, 3.63) is 29.8 Å². The van der Waals surface area contributed by atoms with Crippen LogP contribution in [0.3, 0.4) is 0 Å². The quantitative estimate of drug-likeness (QED) is 0.594. The Morgan fingerprint density at radius 1 is 1.33 bits per heavy atom. The Labute approximate surface area is 90.2 Å². The van der Waals surface area contributed by atoms with Crippen LogP contribution in [0, 0.1) is 0 Å². The minimum Gasteiger partial charge on any atom is -0.425 e. The number of hydrogen-bond donors (Lipinski definition) is 1.